The maximum Gasteiger partial charge on any atom is 0.378 e. The molecule has 1 atom stereocenters. The molecular weight excluding hydrogens is 252 g/mol. The van der Waals surface area contributed by atoms with E-state index in [2.05, 4.69) is 4.74 Å². The van der Waals surface area contributed by atoms with Gasteiger partial charge in [0.05, 0.1) is 14.2 Å². The van der Waals surface area contributed by atoms with Crippen LogP contribution in [0.3, 0.4) is 0 Å². The van der Waals surface area contributed by atoms with Crippen LogP contribution in [0.4, 0.5) is 0 Å². The van der Waals surface area contributed by atoms with Crippen LogP contribution in [0.15, 0.2) is 15.3 Å². The predicted molar refractivity (Wildman–Crippen MR) is 67.4 cm³/mol. The Balaban J connectivity index is 3.06. The molecule has 0 aromatic carbocycles. The Kier molecular flexibility index (Phi) is 5.57. The Morgan fingerprint density at radius 1 is 1.47 bits per heavy atom. The van der Waals surface area contributed by atoms with Crippen molar-refractivity contribution in [3.8, 4) is 5.75 Å². The Hall–Kier alpha value is -1.82. The van der Waals surface area contributed by atoms with Gasteiger partial charge in [-0.2, -0.15) is 0 Å². The third-order valence-corrected chi connectivity index (χ3v) is 2.73. The van der Waals surface area contributed by atoms with E-state index in [1.807, 2.05) is 6.92 Å². The van der Waals surface area contributed by atoms with Crippen LogP contribution in [0.25, 0.3) is 0 Å². The van der Waals surface area contributed by atoms with Crippen LogP contribution in [-0.4, -0.2) is 31.9 Å². The lowest BCUT2D eigenvalue weighted by atomic mass is 10.1. The smallest absolute Gasteiger partial charge is 0.378 e. The molecule has 0 bridgehead atoms. The van der Waals surface area contributed by atoms with Crippen molar-refractivity contribution in [3.63, 3.8) is 0 Å². The van der Waals surface area contributed by atoms with Gasteiger partial charge in [-0.3, -0.25) is 4.79 Å². The van der Waals surface area contributed by atoms with Crippen molar-refractivity contribution in [2.24, 2.45) is 5.92 Å². The summed E-state index contributed by atoms with van der Waals surface area (Å²) in [5.41, 5.74) is -0.430. The molecule has 0 saturated heterocycles. The SMILES string of the molecule is COC(=O)c1oc(CCC(C)CO)cc(=O)c1OC. The lowest BCUT2D eigenvalue weighted by molar-refractivity contribution is 0.0552. The van der Waals surface area contributed by atoms with Gasteiger partial charge in [0.2, 0.25) is 11.2 Å². The zero-order chi connectivity index (χ0) is 14.4. The van der Waals surface area contributed by atoms with Crippen molar-refractivity contribution in [2.45, 2.75) is 19.8 Å². The normalized spacial score (nSPS) is 12.0. The summed E-state index contributed by atoms with van der Waals surface area (Å²) < 4.78 is 14.7. The van der Waals surface area contributed by atoms with E-state index in [1.165, 1.54) is 20.3 Å². The van der Waals surface area contributed by atoms with Crippen LogP contribution >= 0.6 is 0 Å². The van der Waals surface area contributed by atoms with E-state index < -0.39 is 11.4 Å². The fourth-order valence-corrected chi connectivity index (χ4v) is 1.55. The molecular formula is C13H18O6. The highest BCUT2D eigenvalue weighted by atomic mass is 16.5. The van der Waals surface area contributed by atoms with Gasteiger partial charge < -0.3 is 19.0 Å². The Labute approximate surface area is 111 Å². The summed E-state index contributed by atoms with van der Waals surface area (Å²) in [7, 11) is 2.48. The molecule has 0 spiro atoms. The van der Waals surface area contributed by atoms with Gasteiger partial charge >= 0.3 is 5.97 Å². The lowest BCUT2D eigenvalue weighted by Crippen LogP contribution is -2.14. The monoisotopic (exact) mass is 270 g/mol. The van der Waals surface area contributed by atoms with Crippen LogP contribution in [0.5, 0.6) is 5.75 Å². The van der Waals surface area contributed by atoms with Crippen LogP contribution in [0, 0.1) is 5.92 Å². The number of carbonyl (C=O) groups excluding carboxylic acids is 1. The van der Waals surface area contributed by atoms with E-state index in [4.69, 9.17) is 14.3 Å². The van der Waals surface area contributed by atoms with Crippen molar-refractivity contribution in [3.05, 3.63) is 27.8 Å². The number of aliphatic hydroxyl groups excluding tert-OH is 1. The van der Waals surface area contributed by atoms with Crippen LogP contribution in [-0.2, 0) is 11.2 Å². The zero-order valence-corrected chi connectivity index (χ0v) is 11.3. The molecule has 19 heavy (non-hydrogen) atoms. The van der Waals surface area contributed by atoms with E-state index in [0.29, 0.717) is 18.6 Å². The average molecular weight is 270 g/mol. The molecule has 106 valence electrons. The summed E-state index contributed by atoms with van der Waals surface area (Å²) in [5, 5.41) is 8.94. The number of esters is 1. The highest BCUT2D eigenvalue weighted by molar-refractivity contribution is 5.89. The molecule has 0 radical (unpaired) electrons. The minimum absolute atomic E-state index is 0.0598. The van der Waals surface area contributed by atoms with E-state index in [9.17, 15) is 9.59 Å². The molecule has 0 amide bonds. The predicted octanol–water partition coefficient (Wildman–Crippen LogP) is 0.996. The Morgan fingerprint density at radius 2 is 2.16 bits per heavy atom. The third kappa shape index (κ3) is 3.82. The van der Waals surface area contributed by atoms with Crippen molar-refractivity contribution in [1.82, 2.24) is 0 Å². The van der Waals surface area contributed by atoms with Crippen LogP contribution in [0.2, 0.25) is 0 Å². The Morgan fingerprint density at radius 3 is 2.68 bits per heavy atom. The molecule has 0 saturated carbocycles. The molecule has 0 fully saturated rings. The largest absolute Gasteiger partial charge is 0.489 e. The quantitative estimate of drug-likeness (QED) is 0.776. The van der Waals surface area contributed by atoms with E-state index in [0.717, 1.165) is 0 Å². The number of methoxy groups -OCH3 is 2. The fraction of sp³-hybridized carbons (Fsp3) is 0.538. The molecule has 1 heterocycles. The van der Waals surface area contributed by atoms with Crippen molar-refractivity contribution >= 4 is 5.97 Å². The lowest BCUT2D eigenvalue weighted by Gasteiger charge is -2.09. The molecule has 1 aromatic heterocycles. The summed E-state index contributed by atoms with van der Waals surface area (Å²) >= 11 is 0. The number of rotatable bonds is 6. The second-order valence-electron chi connectivity index (χ2n) is 4.26. The number of aliphatic hydroxyl groups is 1. The van der Waals surface area contributed by atoms with Crippen molar-refractivity contribution in [2.75, 3.05) is 20.8 Å². The van der Waals surface area contributed by atoms with E-state index >= 15 is 0 Å². The maximum atomic E-state index is 11.8. The first kappa shape index (κ1) is 15.2. The molecule has 0 aliphatic carbocycles. The number of aryl methyl sites for hydroxylation is 1. The van der Waals surface area contributed by atoms with Gasteiger partial charge in [-0.15, -0.1) is 0 Å². The summed E-state index contributed by atoms with van der Waals surface area (Å²) in [6.07, 6.45) is 1.09. The van der Waals surface area contributed by atoms with Gasteiger partial charge in [-0.05, 0) is 12.3 Å². The van der Waals surface area contributed by atoms with E-state index in [1.54, 1.807) is 0 Å². The summed E-state index contributed by atoms with van der Waals surface area (Å²) in [6, 6.07) is 1.29. The fourth-order valence-electron chi connectivity index (χ4n) is 1.55. The highest BCUT2D eigenvalue weighted by Gasteiger charge is 2.20. The molecule has 0 aliphatic rings. The van der Waals surface area contributed by atoms with Crippen molar-refractivity contribution in [1.29, 1.82) is 0 Å². The molecule has 6 nitrogen and oxygen atoms in total. The van der Waals surface area contributed by atoms with E-state index in [-0.39, 0.29) is 24.0 Å². The first-order chi connectivity index (χ1) is 9.03. The van der Waals surface area contributed by atoms with Gasteiger partial charge in [0.1, 0.15) is 5.76 Å². The van der Waals surface area contributed by atoms with Gasteiger partial charge in [0, 0.05) is 19.1 Å². The number of ether oxygens (including phenoxy) is 2. The number of hydrogen-bond donors (Lipinski definition) is 1. The van der Waals surface area contributed by atoms with Crippen molar-refractivity contribution < 1.29 is 23.8 Å². The first-order valence-electron chi connectivity index (χ1n) is 5.93. The van der Waals surface area contributed by atoms with Gasteiger partial charge in [0.25, 0.3) is 5.76 Å². The third-order valence-electron chi connectivity index (χ3n) is 2.73. The number of carbonyl (C=O) groups is 1. The first-order valence-corrected chi connectivity index (χ1v) is 5.93. The van der Waals surface area contributed by atoms with Crippen LogP contribution < -0.4 is 10.2 Å². The molecule has 6 heteroatoms. The second-order valence-corrected chi connectivity index (χ2v) is 4.26. The molecule has 1 aromatic rings. The molecule has 1 unspecified atom stereocenters. The van der Waals surface area contributed by atoms with Crippen LogP contribution in [0.1, 0.15) is 29.7 Å². The summed E-state index contributed by atoms with van der Waals surface area (Å²) in [6.45, 7) is 1.94. The summed E-state index contributed by atoms with van der Waals surface area (Å²) in [5.74, 6) is -0.693. The number of hydrogen-bond acceptors (Lipinski definition) is 6. The minimum atomic E-state index is -0.758. The highest BCUT2D eigenvalue weighted by Crippen LogP contribution is 2.18. The second kappa shape index (κ2) is 6.94. The van der Waals surface area contributed by atoms with Gasteiger partial charge in [0.15, 0.2) is 0 Å². The molecule has 1 N–H and O–H groups in total. The standard InChI is InChI=1S/C13H18O6/c1-8(7-14)4-5-9-6-10(15)11(17-2)12(19-9)13(16)18-3/h6,8,14H,4-5,7H2,1-3H3. The van der Waals surface area contributed by atoms with Gasteiger partial charge in [-0.25, -0.2) is 4.79 Å². The minimum Gasteiger partial charge on any atom is -0.489 e. The molecule has 1 rings (SSSR count). The molecule has 0 aliphatic heterocycles. The zero-order valence-electron chi connectivity index (χ0n) is 11.3. The average Bonchev–Trinajstić information content (AvgIpc) is 2.43. The maximum absolute atomic E-state index is 11.8. The topological polar surface area (TPSA) is 86.0 Å². The Bertz CT molecular complexity index is 490. The van der Waals surface area contributed by atoms with Gasteiger partial charge in [-0.1, -0.05) is 6.92 Å². The summed E-state index contributed by atoms with van der Waals surface area (Å²) in [4.78, 5) is 23.3.